The number of benzene rings is 2. The Morgan fingerprint density at radius 1 is 0.972 bits per heavy atom. The molecule has 0 atom stereocenters. The summed E-state index contributed by atoms with van der Waals surface area (Å²) in [6, 6.07) is 9.91. The van der Waals surface area contributed by atoms with Crippen LogP contribution in [-0.4, -0.2) is 36.8 Å². The average Bonchev–Trinajstić information content (AvgIpc) is 3.17. The second-order valence-corrected chi connectivity index (χ2v) is 7.78. The number of hydrogen-bond acceptors (Lipinski definition) is 6. The summed E-state index contributed by atoms with van der Waals surface area (Å²) in [7, 11) is 1.42. The van der Waals surface area contributed by atoms with E-state index in [2.05, 4.69) is 9.72 Å². The van der Waals surface area contributed by atoms with Gasteiger partial charge in [0.1, 0.15) is 17.3 Å². The van der Waals surface area contributed by atoms with Crippen LogP contribution in [0.4, 0.5) is 17.6 Å². The molecular weight excluding hydrogens is 488 g/mol. The van der Waals surface area contributed by atoms with Crippen molar-refractivity contribution in [2.75, 3.05) is 6.61 Å². The maximum atomic E-state index is 13.4. The fourth-order valence-corrected chi connectivity index (χ4v) is 3.59. The van der Waals surface area contributed by atoms with Gasteiger partial charge in [0, 0.05) is 20.2 Å². The molecule has 0 radical (unpaired) electrons. The van der Waals surface area contributed by atoms with Crippen molar-refractivity contribution in [2.45, 2.75) is 25.9 Å². The summed E-state index contributed by atoms with van der Waals surface area (Å²) in [6.07, 6.45) is -4.69. The highest BCUT2D eigenvalue weighted by Crippen LogP contribution is 2.29. The molecule has 0 aliphatic carbocycles. The fourth-order valence-electron chi connectivity index (χ4n) is 3.59. The Morgan fingerprint density at radius 3 is 2.22 bits per heavy atom. The lowest BCUT2D eigenvalue weighted by atomic mass is 10.2. The lowest BCUT2D eigenvalue weighted by molar-refractivity contribution is -0.274. The number of aryl methyl sites for hydroxylation is 1. The van der Waals surface area contributed by atoms with Crippen LogP contribution in [0.1, 0.15) is 12.0 Å². The maximum absolute atomic E-state index is 13.4. The third-order valence-corrected chi connectivity index (χ3v) is 5.26. The molecule has 0 aliphatic heterocycles. The smallest absolute Gasteiger partial charge is 0.425 e. The summed E-state index contributed by atoms with van der Waals surface area (Å²) in [4.78, 5) is 30.3. The number of fused-ring (bicyclic) bond motifs is 1. The Labute approximate surface area is 200 Å². The highest BCUT2D eigenvalue weighted by molar-refractivity contribution is 5.72. The molecule has 4 rings (SSSR count). The number of aromatic nitrogens is 4. The minimum absolute atomic E-state index is 0.00876. The van der Waals surface area contributed by atoms with Crippen LogP contribution in [0.3, 0.4) is 0 Å². The summed E-state index contributed by atoms with van der Waals surface area (Å²) in [5, 5.41) is 9.15. The Kier molecular flexibility index (Phi) is 6.84. The molecule has 0 bridgehead atoms. The van der Waals surface area contributed by atoms with Crippen molar-refractivity contribution in [3.05, 3.63) is 80.7 Å². The van der Waals surface area contributed by atoms with Crippen LogP contribution in [0, 0.1) is 5.82 Å². The minimum Gasteiger partial charge on any atom is -0.425 e. The molecule has 13 heteroatoms. The third-order valence-electron chi connectivity index (χ3n) is 5.26. The van der Waals surface area contributed by atoms with Crippen LogP contribution >= 0.6 is 0 Å². The minimum atomic E-state index is -4.85. The van der Waals surface area contributed by atoms with Crippen molar-refractivity contribution < 1.29 is 32.1 Å². The van der Waals surface area contributed by atoms with Crippen molar-refractivity contribution >= 4 is 11.2 Å². The van der Waals surface area contributed by atoms with Crippen molar-refractivity contribution in [3.63, 3.8) is 0 Å². The molecule has 2 heterocycles. The second kappa shape index (κ2) is 9.85. The normalized spacial score (nSPS) is 11.7. The monoisotopic (exact) mass is 508 g/mol. The van der Waals surface area contributed by atoms with E-state index >= 15 is 0 Å². The van der Waals surface area contributed by atoms with Crippen LogP contribution in [0.2, 0.25) is 0 Å². The van der Waals surface area contributed by atoms with Crippen molar-refractivity contribution in [3.8, 4) is 17.5 Å². The number of alkyl halides is 3. The largest absolute Gasteiger partial charge is 0.573 e. The Balaban J connectivity index is 1.82. The van der Waals surface area contributed by atoms with Gasteiger partial charge in [-0.05, 0) is 48.4 Å². The molecular formula is C23H20F4N4O5. The Morgan fingerprint density at radius 2 is 1.61 bits per heavy atom. The molecule has 36 heavy (non-hydrogen) atoms. The molecule has 9 nitrogen and oxygen atoms in total. The van der Waals surface area contributed by atoms with Gasteiger partial charge in [-0.15, -0.1) is 13.2 Å². The molecule has 1 N–H and O–H groups in total. The number of aliphatic hydroxyl groups is 1. The first kappa shape index (κ1) is 25.0. The molecule has 0 amide bonds. The van der Waals surface area contributed by atoms with E-state index < -0.39 is 29.2 Å². The summed E-state index contributed by atoms with van der Waals surface area (Å²) in [6.45, 7) is -0.254. The molecule has 2 aromatic heterocycles. The molecule has 2 aromatic carbocycles. The van der Waals surface area contributed by atoms with Gasteiger partial charge in [-0.25, -0.2) is 9.18 Å². The highest BCUT2D eigenvalue weighted by Gasteiger charge is 2.31. The Hall–Kier alpha value is -4.13. The lowest BCUT2D eigenvalue weighted by Gasteiger charge is -2.12. The molecule has 0 aliphatic rings. The second-order valence-electron chi connectivity index (χ2n) is 7.78. The highest BCUT2D eigenvalue weighted by atomic mass is 19.4. The standard InChI is InChI=1S/C23H20F4N4O5/c1-29-19-18(20(33)30(22(29)34)11-2-12-32)31(13-14-3-5-15(24)6-4-14)21(28-19)35-16-7-9-17(10-8-16)36-23(25,26)27/h3-10,32H,2,11-13H2,1H3. The van der Waals surface area contributed by atoms with E-state index in [1.54, 1.807) is 0 Å². The van der Waals surface area contributed by atoms with E-state index in [9.17, 15) is 27.2 Å². The van der Waals surface area contributed by atoms with Gasteiger partial charge < -0.3 is 14.6 Å². The third kappa shape index (κ3) is 5.25. The van der Waals surface area contributed by atoms with Gasteiger partial charge in [0.2, 0.25) is 0 Å². The zero-order valence-electron chi connectivity index (χ0n) is 18.8. The van der Waals surface area contributed by atoms with E-state index in [-0.39, 0.29) is 49.0 Å². The number of rotatable bonds is 8. The summed E-state index contributed by atoms with van der Waals surface area (Å²) in [5.74, 6) is -0.824. The molecule has 0 spiro atoms. The van der Waals surface area contributed by atoms with Gasteiger partial charge in [-0.1, -0.05) is 12.1 Å². The van der Waals surface area contributed by atoms with E-state index in [1.165, 1.54) is 48.0 Å². The molecule has 0 saturated carbocycles. The number of aliphatic hydroxyl groups excluding tert-OH is 1. The van der Waals surface area contributed by atoms with Gasteiger partial charge in [0.25, 0.3) is 5.56 Å². The number of imidazole rings is 1. The summed E-state index contributed by atoms with van der Waals surface area (Å²) >= 11 is 0. The number of halogens is 4. The quantitative estimate of drug-likeness (QED) is 0.367. The van der Waals surface area contributed by atoms with E-state index in [4.69, 9.17) is 9.84 Å². The van der Waals surface area contributed by atoms with E-state index in [1.807, 2.05) is 0 Å². The molecule has 0 unspecified atom stereocenters. The van der Waals surface area contributed by atoms with Crippen molar-refractivity contribution in [1.82, 2.24) is 18.7 Å². The van der Waals surface area contributed by atoms with Crippen LogP contribution in [0.5, 0.6) is 17.5 Å². The predicted molar refractivity (Wildman–Crippen MR) is 120 cm³/mol. The zero-order valence-corrected chi connectivity index (χ0v) is 18.8. The van der Waals surface area contributed by atoms with Gasteiger partial charge >= 0.3 is 18.1 Å². The number of hydrogen-bond donors (Lipinski definition) is 1. The lowest BCUT2D eigenvalue weighted by Crippen LogP contribution is -2.39. The van der Waals surface area contributed by atoms with Crippen LogP contribution in [0.25, 0.3) is 11.2 Å². The summed E-state index contributed by atoms with van der Waals surface area (Å²) in [5.41, 5.74) is -0.692. The van der Waals surface area contributed by atoms with Gasteiger partial charge in [0.05, 0.1) is 6.54 Å². The van der Waals surface area contributed by atoms with E-state index in [0.717, 1.165) is 21.3 Å². The van der Waals surface area contributed by atoms with Gasteiger partial charge in [0.15, 0.2) is 11.2 Å². The molecule has 190 valence electrons. The zero-order chi connectivity index (χ0) is 26.0. The van der Waals surface area contributed by atoms with Crippen molar-refractivity contribution in [2.24, 2.45) is 7.05 Å². The topological polar surface area (TPSA) is 101 Å². The molecule has 0 saturated heterocycles. The first-order chi connectivity index (χ1) is 17.1. The van der Waals surface area contributed by atoms with Gasteiger partial charge in [-0.2, -0.15) is 4.98 Å². The summed E-state index contributed by atoms with van der Waals surface area (Å²) < 4.78 is 63.9. The molecule has 4 aromatic rings. The van der Waals surface area contributed by atoms with Crippen LogP contribution < -0.4 is 20.7 Å². The molecule has 0 fully saturated rings. The average molecular weight is 508 g/mol. The fraction of sp³-hybridized carbons (Fsp3) is 0.261. The van der Waals surface area contributed by atoms with Crippen LogP contribution in [0.15, 0.2) is 58.1 Å². The van der Waals surface area contributed by atoms with Crippen LogP contribution in [-0.2, 0) is 20.1 Å². The predicted octanol–water partition coefficient (Wildman–Crippen LogP) is 3.16. The van der Waals surface area contributed by atoms with E-state index in [0.29, 0.717) is 5.56 Å². The van der Waals surface area contributed by atoms with Crippen molar-refractivity contribution in [1.29, 1.82) is 0 Å². The Bertz CT molecular complexity index is 1490. The first-order valence-corrected chi connectivity index (χ1v) is 10.7. The number of ether oxygens (including phenoxy) is 2. The maximum Gasteiger partial charge on any atom is 0.573 e. The van der Waals surface area contributed by atoms with Gasteiger partial charge in [-0.3, -0.25) is 18.5 Å². The number of nitrogens with zero attached hydrogens (tertiary/aromatic N) is 4. The SMILES string of the molecule is Cn1c(=O)n(CCCO)c(=O)c2c1nc(Oc1ccc(OC(F)(F)F)cc1)n2Cc1ccc(F)cc1. The first-order valence-electron chi connectivity index (χ1n) is 10.7.